The van der Waals surface area contributed by atoms with Crippen LogP contribution >= 0.6 is 0 Å². The van der Waals surface area contributed by atoms with E-state index in [9.17, 15) is 4.79 Å². The Balaban J connectivity index is 1.63. The lowest BCUT2D eigenvalue weighted by Gasteiger charge is -2.37. The van der Waals surface area contributed by atoms with Crippen molar-refractivity contribution in [3.63, 3.8) is 0 Å². The molecule has 0 aliphatic carbocycles. The normalized spacial score (nSPS) is 18.9. The van der Waals surface area contributed by atoms with E-state index >= 15 is 0 Å². The van der Waals surface area contributed by atoms with Crippen LogP contribution in [0.5, 0.6) is 5.75 Å². The predicted octanol–water partition coefficient (Wildman–Crippen LogP) is 2.67. The van der Waals surface area contributed by atoms with E-state index in [1.165, 1.54) is 0 Å². The van der Waals surface area contributed by atoms with Gasteiger partial charge in [0.15, 0.2) is 5.79 Å². The third-order valence-corrected chi connectivity index (χ3v) is 5.57. The molecule has 1 amide bonds. The van der Waals surface area contributed by atoms with Gasteiger partial charge in [-0.15, -0.1) is 0 Å². The molecular weight excluding hydrogens is 360 g/mol. The molecule has 0 saturated carbocycles. The summed E-state index contributed by atoms with van der Waals surface area (Å²) in [6.45, 7) is 6.22. The SMILES string of the molecule is CCOc1cccc2c1cc(C(=O)N1CCC3(CC1)OCCO3)n2CCOC. The topological polar surface area (TPSA) is 62.2 Å². The lowest BCUT2D eigenvalue weighted by atomic mass is 10.0. The Bertz CT molecular complexity index is 831. The van der Waals surface area contributed by atoms with Crippen LogP contribution in [0.25, 0.3) is 10.9 Å². The maximum absolute atomic E-state index is 13.4. The number of hydrogen-bond donors (Lipinski definition) is 0. The molecule has 0 bridgehead atoms. The molecule has 1 aromatic carbocycles. The van der Waals surface area contributed by atoms with Gasteiger partial charge in [0, 0.05) is 45.0 Å². The third-order valence-electron chi connectivity index (χ3n) is 5.57. The highest BCUT2D eigenvalue weighted by Gasteiger charge is 2.41. The van der Waals surface area contributed by atoms with Crippen LogP contribution in [0, 0.1) is 0 Å². The molecule has 2 saturated heterocycles. The van der Waals surface area contributed by atoms with Gasteiger partial charge in [-0.3, -0.25) is 4.79 Å². The average Bonchev–Trinajstić information content (AvgIpc) is 3.32. The molecule has 0 radical (unpaired) electrons. The lowest BCUT2D eigenvalue weighted by molar-refractivity contribution is -0.181. The van der Waals surface area contributed by atoms with E-state index in [1.54, 1.807) is 7.11 Å². The first-order valence-electron chi connectivity index (χ1n) is 9.98. The minimum atomic E-state index is -0.484. The molecule has 3 heterocycles. The number of carbonyl (C=O) groups excluding carboxylic acids is 1. The largest absolute Gasteiger partial charge is 0.493 e. The summed E-state index contributed by atoms with van der Waals surface area (Å²) in [5, 5.41) is 0.958. The van der Waals surface area contributed by atoms with Crippen molar-refractivity contribution >= 4 is 16.8 Å². The summed E-state index contributed by atoms with van der Waals surface area (Å²) in [4.78, 5) is 15.3. The van der Waals surface area contributed by atoms with Crippen LogP contribution in [0.2, 0.25) is 0 Å². The second-order valence-corrected chi connectivity index (χ2v) is 7.20. The van der Waals surface area contributed by atoms with Crippen molar-refractivity contribution in [1.29, 1.82) is 0 Å². The Labute approximate surface area is 165 Å². The maximum atomic E-state index is 13.4. The third kappa shape index (κ3) is 3.50. The molecule has 4 rings (SSSR count). The highest BCUT2D eigenvalue weighted by molar-refractivity contribution is 6.00. The van der Waals surface area contributed by atoms with Crippen LogP contribution in [0.3, 0.4) is 0 Å². The standard InChI is InChI=1S/C21H28N2O5/c1-3-26-19-6-4-5-17-16(19)15-18(23(17)11-12-25-2)20(24)22-9-7-21(8-10-22)27-13-14-28-21/h4-6,15H,3,7-14H2,1-2H3. The number of fused-ring (bicyclic) bond motifs is 1. The zero-order chi connectivity index (χ0) is 19.6. The minimum absolute atomic E-state index is 0.0302. The van der Waals surface area contributed by atoms with Gasteiger partial charge in [-0.1, -0.05) is 6.07 Å². The van der Waals surface area contributed by atoms with Gasteiger partial charge < -0.3 is 28.4 Å². The molecular formula is C21H28N2O5. The molecule has 0 N–H and O–H groups in total. The summed E-state index contributed by atoms with van der Waals surface area (Å²) in [5.41, 5.74) is 1.66. The second kappa shape index (κ2) is 8.11. The number of rotatable bonds is 6. The minimum Gasteiger partial charge on any atom is -0.493 e. The number of carbonyl (C=O) groups is 1. The molecule has 28 heavy (non-hydrogen) atoms. The average molecular weight is 388 g/mol. The number of piperidine rings is 1. The van der Waals surface area contributed by atoms with Crippen molar-refractivity contribution in [1.82, 2.24) is 9.47 Å². The van der Waals surface area contributed by atoms with Crippen molar-refractivity contribution in [3.05, 3.63) is 30.0 Å². The summed E-state index contributed by atoms with van der Waals surface area (Å²) in [6, 6.07) is 7.88. The Morgan fingerprint density at radius 3 is 2.64 bits per heavy atom. The highest BCUT2D eigenvalue weighted by atomic mass is 16.7. The summed E-state index contributed by atoms with van der Waals surface area (Å²) in [5.74, 6) is 0.347. The molecule has 0 atom stereocenters. The van der Waals surface area contributed by atoms with Gasteiger partial charge in [0.25, 0.3) is 5.91 Å². The van der Waals surface area contributed by atoms with E-state index in [-0.39, 0.29) is 5.91 Å². The lowest BCUT2D eigenvalue weighted by Crippen LogP contribution is -2.47. The number of ether oxygens (including phenoxy) is 4. The van der Waals surface area contributed by atoms with Crippen molar-refractivity contribution in [3.8, 4) is 5.75 Å². The zero-order valence-electron chi connectivity index (χ0n) is 16.6. The number of amides is 1. The molecule has 2 aliphatic heterocycles. The van der Waals surface area contributed by atoms with Gasteiger partial charge in [0.2, 0.25) is 0 Å². The second-order valence-electron chi connectivity index (χ2n) is 7.20. The summed E-state index contributed by atoms with van der Waals surface area (Å²) < 4.78 is 24.7. The fourth-order valence-corrected chi connectivity index (χ4v) is 4.14. The number of methoxy groups -OCH3 is 1. The predicted molar refractivity (Wildman–Crippen MR) is 105 cm³/mol. The first-order chi connectivity index (χ1) is 13.7. The smallest absolute Gasteiger partial charge is 0.270 e. The van der Waals surface area contributed by atoms with Crippen LogP contribution in [-0.4, -0.2) is 67.8 Å². The van der Waals surface area contributed by atoms with Crippen molar-refractivity contribution in [2.45, 2.75) is 32.1 Å². The van der Waals surface area contributed by atoms with E-state index < -0.39 is 5.79 Å². The Kier molecular flexibility index (Phi) is 5.57. The van der Waals surface area contributed by atoms with Crippen LogP contribution in [0.1, 0.15) is 30.3 Å². The summed E-state index contributed by atoms with van der Waals surface area (Å²) in [7, 11) is 1.67. The number of aromatic nitrogens is 1. The van der Waals surface area contributed by atoms with Gasteiger partial charge in [0.1, 0.15) is 11.4 Å². The quantitative estimate of drug-likeness (QED) is 0.761. The van der Waals surface area contributed by atoms with E-state index in [0.717, 1.165) is 16.7 Å². The van der Waals surface area contributed by atoms with E-state index in [1.807, 2.05) is 40.7 Å². The van der Waals surface area contributed by atoms with Gasteiger partial charge in [0.05, 0.1) is 31.9 Å². The number of likely N-dealkylation sites (tertiary alicyclic amines) is 1. The van der Waals surface area contributed by atoms with Crippen molar-refractivity contribution < 1.29 is 23.7 Å². The van der Waals surface area contributed by atoms with Crippen molar-refractivity contribution in [2.75, 3.05) is 46.6 Å². The van der Waals surface area contributed by atoms with Crippen LogP contribution < -0.4 is 4.74 Å². The van der Waals surface area contributed by atoms with Gasteiger partial charge in [-0.05, 0) is 25.1 Å². The van der Waals surface area contributed by atoms with E-state index in [4.69, 9.17) is 18.9 Å². The summed E-state index contributed by atoms with van der Waals surface area (Å²) in [6.07, 6.45) is 1.42. The molecule has 1 aromatic heterocycles. The summed E-state index contributed by atoms with van der Waals surface area (Å²) >= 11 is 0. The van der Waals surface area contributed by atoms with Crippen LogP contribution in [0.4, 0.5) is 0 Å². The van der Waals surface area contributed by atoms with Gasteiger partial charge >= 0.3 is 0 Å². The molecule has 1 spiro atoms. The van der Waals surface area contributed by atoms with Gasteiger partial charge in [-0.2, -0.15) is 0 Å². The highest BCUT2D eigenvalue weighted by Crippen LogP contribution is 2.33. The zero-order valence-corrected chi connectivity index (χ0v) is 16.6. The van der Waals surface area contributed by atoms with Gasteiger partial charge in [-0.25, -0.2) is 0 Å². The van der Waals surface area contributed by atoms with Crippen LogP contribution in [-0.2, 0) is 20.8 Å². The van der Waals surface area contributed by atoms with E-state index in [2.05, 4.69) is 0 Å². The fraction of sp³-hybridized carbons (Fsp3) is 0.571. The van der Waals surface area contributed by atoms with E-state index in [0.29, 0.717) is 64.6 Å². The molecule has 7 nitrogen and oxygen atoms in total. The first-order valence-corrected chi connectivity index (χ1v) is 9.98. The molecule has 2 fully saturated rings. The molecule has 152 valence electrons. The van der Waals surface area contributed by atoms with Crippen LogP contribution in [0.15, 0.2) is 24.3 Å². The molecule has 2 aromatic rings. The maximum Gasteiger partial charge on any atom is 0.270 e. The number of benzene rings is 1. The monoisotopic (exact) mass is 388 g/mol. The number of nitrogens with zero attached hydrogens (tertiary/aromatic N) is 2. The van der Waals surface area contributed by atoms with Crippen molar-refractivity contribution in [2.24, 2.45) is 0 Å². The Morgan fingerprint density at radius 1 is 1.21 bits per heavy atom. The Morgan fingerprint density at radius 2 is 1.96 bits per heavy atom. The number of hydrogen-bond acceptors (Lipinski definition) is 5. The Hall–Kier alpha value is -2.09. The fourth-order valence-electron chi connectivity index (χ4n) is 4.14. The first kappa shape index (κ1) is 19.2. The molecule has 7 heteroatoms. The molecule has 0 unspecified atom stereocenters. The molecule has 2 aliphatic rings.